The largest absolute Gasteiger partial charge is 0.354 e. The summed E-state index contributed by atoms with van der Waals surface area (Å²) in [7, 11) is -3.82. The third-order valence-electron chi connectivity index (χ3n) is 10.6. The average molecular weight is 656 g/mol. The van der Waals surface area contributed by atoms with Crippen LogP contribution in [0.5, 0.6) is 0 Å². The van der Waals surface area contributed by atoms with Gasteiger partial charge < -0.3 is 10.2 Å². The molecule has 1 N–H and O–H groups in total. The second-order valence-electron chi connectivity index (χ2n) is 14.9. The topological polar surface area (TPSA) is 86.8 Å². The molecule has 0 radical (unpaired) electrons. The molecule has 4 saturated carbocycles. The van der Waals surface area contributed by atoms with Gasteiger partial charge in [-0.3, -0.25) is 13.9 Å². The smallest absolute Gasteiger partial charge is 0.244 e. The zero-order valence-corrected chi connectivity index (χ0v) is 28.8. The maximum absolute atomic E-state index is 14.4. The van der Waals surface area contributed by atoms with Gasteiger partial charge in [0.1, 0.15) is 12.6 Å². The van der Waals surface area contributed by atoms with Crippen LogP contribution < -0.4 is 9.62 Å². The Morgan fingerprint density at radius 1 is 0.809 bits per heavy atom. The van der Waals surface area contributed by atoms with Crippen molar-refractivity contribution < 1.29 is 18.0 Å². The van der Waals surface area contributed by atoms with Crippen LogP contribution in [0.4, 0.5) is 5.69 Å². The molecule has 0 saturated heterocycles. The molecule has 1 atom stereocenters. The molecule has 0 aromatic heterocycles. The van der Waals surface area contributed by atoms with E-state index < -0.39 is 28.5 Å². The molecule has 2 amide bonds. The maximum Gasteiger partial charge on any atom is 0.244 e. The molecule has 4 aliphatic rings. The minimum Gasteiger partial charge on any atom is -0.354 e. The van der Waals surface area contributed by atoms with E-state index in [-0.39, 0.29) is 23.8 Å². The SMILES string of the molecule is CC(C)CNC(=O)C(Cc1ccccc1)N(Cc1ccccc1)C(=O)CN(c1ccc(C23CC4CC(CC(C4)C2)C3)cc1)S(C)(=O)=O. The summed E-state index contributed by atoms with van der Waals surface area (Å²) in [6.45, 7) is 4.30. The number of nitrogens with zero attached hydrogens (tertiary/aromatic N) is 2. The normalized spacial score (nSPS) is 23.8. The third kappa shape index (κ3) is 7.75. The van der Waals surface area contributed by atoms with E-state index in [1.807, 2.05) is 86.6 Å². The molecule has 4 fully saturated rings. The second kappa shape index (κ2) is 13.8. The van der Waals surface area contributed by atoms with Crippen molar-refractivity contribution in [2.45, 2.75) is 76.8 Å². The molecule has 0 aliphatic heterocycles. The van der Waals surface area contributed by atoms with Gasteiger partial charge in [-0.05, 0) is 96.4 Å². The molecule has 3 aromatic carbocycles. The van der Waals surface area contributed by atoms with Crippen molar-refractivity contribution in [3.05, 3.63) is 102 Å². The minimum atomic E-state index is -3.82. The van der Waals surface area contributed by atoms with Crippen molar-refractivity contribution in [1.82, 2.24) is 10.2 Å². The predicted octanol–water partition coefficient (Wildman–Crippen LogP) is 6.33. The number of carbonyl (C=O) groups is 2. The number of carbonyl (C=O) groups excluding carboxylic acids is 2. The predicted molar refractivity (Wildman–Crippen MR) is 187 cm³/mol. The quantitative estimate of drug-likeness (QED) is 0.233. The molecule has 47 heavy (non-hydrogen) atoms. The molecular formula is C39H49N3O4S. The molecule has 4 aliphatic carbocycles. The minimum absolute atomic E-state index is 0.175. The zero-order chi connectivity index (χ0) is 33.2. The van der Waals surface area contributed by atoms with Crippen molar-refractivity contribution in [2.24, 2.45) is 23.7 Å². The van der Waals surface area contributed by atoms with E-state index in [0.29, 0.717) is 18.7 Å². The Bertz CT molecular complexity index is 1610. The van der Waals surface area contributed by atoms with Crippen LogP contribution in [-0.2, 0) is 38.0 Å². The highest BCUT2D eigenvalue weighted by molar-refractivity contribution is 7.92. The number of anilines is 1. The molecule has 7 nitrogen and oxygen atoms in total. The lowest BCUT2D eigenvalue weighted by Crippen LogP contribution is -2.53. The average Bonchev–Trinajstić information content (AvgIpc) is 3.04. The molecule has 8 heteroatoms. The number of amides is 2. The fourth-order valence-corrected chi connectivity index (χ4v) is 9.67. The van der Waals surface area contributed by atoms with Crippen molar-refractivity contribution in [3.8, 4) is 0 Å². The summed E-state index contributed by atoms with van der Waals surface area (Å²) in [5.74, 6) is 1.98. The Morgan fingerprint density at radius 3 is 1.85 bits per heavy atom. The maximum atomic E-state index is 14.4. The fraction of sp³-hybridized carbons (Fsp3) is 0.487. The molecular weight excluding hydrogens is 607 g/mol. The van der Waals surface area contributed by atoms with Crippen LogP contribution in [0.2, 0.25) is 0 Å². The van der Waals surface area contributed by atoms with E-state index in [1.54, 1.807) is 4.90 Å². The molecule has 3 aromatic rings. The van der Waals surface area contributed by atoms with Crippen LogP contribution in [-0.4, -0.2) is 50.5 Å². The van der Waals surface area contributed by atoms with Gasteiger partial charge in [0, 0.05) is 19.5 Å². The standard InChI is InChI=1S/C39H49N3O4S/c1-28(2)25-40-38(44)36(21-29-10-6-4-7-11-29)41(26-30-12-8-5-9-13-30)37(43)27-42(47(3,45)46)35-16-14-34(15-17-35)39-22-31-18-32(23-39)20-33(19-31)24-39/h4-17,28,31-33,36H,18-27H2,1-3H3,(H,40,44). The summed E-state index contributed by atoms with van der Waals surface area (Å²) in [6, 6.07) is 26.3. The Morgan fingerprint density at radius 2 is 1.34 bits per heavy atom. The molecule has 4 bridgehead atoms. The first-order chi connectivity index (χ1) is 22.5. The Kier molecular flexibility index (Phi) is 9.79. The summed E-state index contributed by atoms with van der Waals surface area (Å²) >= 11 is 0. The highest BCUT2D eigenvalue weighted by atomic mass is 32.2. The Balaban J connectivity index is 1.29. The van der Waals surface area contributed by atoms with Gasteiger partial charge in [0.25, 0.3) is 0 Å². The molecule has 250 valence electrons. The van der Waals surface area contributed by atoms with Crippen molar-refractivity contribution in [1.29, 1.82) is 0 Å². The fourth-order valence-electron chi connectivity index (χ4n) is 8.82. The van der Waals surface area contributed by atoms with E-state index in [2.05, 4.69) is 17.4 Å². The summed E-state index contributed by atoms with van der Waals surface area (Å²) in [5, 5.41) is 3.03. The van der Waals surface area contributed by atoms with E-state index >= 15 is 0 Å². The number of sulfonamides is 1. The number of nitrogens with one attached hydrogen (secondary N) is 1. The van der Waals surface area contributed by atoms with Crippen LogP contribution in [0.25, 0.3) is 0 Å². The first-order valence-electron chi connectivity index (χ1n) is 17.2. The monoisotopic (exact) mass is 655 g/mol. The van der Waals surface area contributed by atoms with Crippen LogP contribution in [0.15, 0.2) is 84.9 Å². The van der Waals surface area contributed by atoms with E-state index in [9.17, 15) is 18.0 Å². The van der Waals surface area contributed by atoms with Gasteiger partial charge in [0.05, 0.1) is 11.9 Å². The van der Waals surface area contributed by atoms with Crippen LogP contribution in [0.1, 0.15) is 69.1 Å². The number of benzene rings is 3. The van der Waals surface area contributed by atoms with Gasteiger partial charge >= 0.3 is 0 Å². The Labute approximate surface area is 280 Å². The summed E-state index contributed by atoms with van der Waals surface area (Å²) in [4.78, 5) is 29.7. The van der Waals surface area contributed by atoms with Gasteiger partial charge in [-0.2, -0.15) is 0 Å². The van der Waals surface area contributed by atoms with E-state index in [4.69, 9.17) is 0 Å². The summed E-state index contributed by atoms with van der Waals surface area (Å²) in [6.07, 6.45) is 9.21. The summed E-state index contributed by atoms with van der Waals surface area (Å²) in [5.41, 5.74) is 3.75. The van der Waals surface area contributed by atoms with Crippen molar-refractivity contribution >= 4 is 27.5 Å². The summed E-state index contributed by atoms with van der Waals surface area (Å²) < 4.78 is 27.8. The van der Waals surface area contributed by atoms with Crippen molar-refractivity contribution in [3.63, 3.8) is 0 Å². The molecule has 1 unspecified atom stereocenters. The van der Waals surface area contributed by atoms with Crippen LogP contribution >= 0.6 is 0 Å². The lowest BCUT2D eigenvalue weighted by Gasteiger charge is -2.57. The van der Waals surface area contributed by atoms with E-state index in [1.165, 1.54) is 48.4 Å². The first kappa shape index (κ1) is 33.3. The van der Waals surface area contributed by atoms with Crippen LogP contribution in [0, 0.1) is 23.7 Å². The second-order valence-corrected chi connectivity index (χ2v) is 16.8. The first-order valence-corrected chi connectivity index (χ1v) is 19.1. The third-order valence-corrected chi connectivity index (χ3v) is 11.8. The molecule has 7 rings (SSSR count). The van der Waals surface area contributed by atoms with Gasteiger partial charge in [-0.25, -0.2) is 8.42 Å². The molecule has 0 spiro atoms. The van der Waals surface area contributed by atoms with E-state index in [0.717, 1.165) is 35.1 Å². The lowest BCUT2D eigenvalue weighted by molar-refractivity contribution is -0.140. The van der Waals surface area contributed by atoms with Gasteiger partial charge in [0.15, 0.2) is 0 Å². The van der Waals surface area contributed by atoms with Gasteiger partial charge in [-0.15, -0.1) is 0 Å². The van der Waals surface area contributed by atoms with Gasteiger partial charge in [0.2, 0.25) is 21.8 Å². The number of rotatable bonds is 13. The zero-order valence-electron chi connectivity index (χ0n) is 28.0. The Hall–Kier alpha value is -3.65. The van der Waals surface area contributed by atoms with Gasteiger partial charge in [-0.1, -0.05) is 86.6 Å². The van der Waals surface area contributed by atoms with Crippen molar-refractivity contribution in [2.75, 3.05) is 23.7 Å². The number of hydrogen-bond acceptors (Lipinski definition) is 4. The number of hydrogen-bond donors (Lipinski definition) is 1. The highest BCUT2D eigenvalue weighted by Crippen LogP contribution is 2.60. The molecule has 0 heterocycles. The highest BCUT2D eigenvalue weighted by Gasteiger charge is 2.51. The van der Waals surface area contributed by atoms with Crippen LogP contribution in [0.3, 0.4) is 0 Å². The lowest BCUT2D eigenvalue weighted by atomic mass is 9.48.